The van der Waals surface area contributed by atoms with Crippen LogP contribution >= 0.6 is 0 Å². The molecule has 0 fully saturated rings. The number of hydrogen-bond acceptors (Lipinski definition) is 4. The SMILES string of the molecule is O=C(CN1C(=O)/C(=C\c2cccc(F)c2)Oc2ccccc21)NCc1ccco1. The topological polar surface area (TPSA) is 71.8 Å². The van der Waals surface area contributed by atoms with Gasteiger partial charge in [-0.3, -0.25) is 14.5 Å². The number of benzene rings is 2. The van der Waals surface area contributed by atoms with Crippen molar-refractivity contribution in [2.45, 2.75) is 6.54 Å². The summed E-state index contributed by atoms with van der Waals surface area (Å²) in [6, 6.07) is 16.2. The highest BCUT2D eigenvalue weighted by molar-refractivity contribution is 6.12. The summed E-state index contributed by atoms with van der Waals surface area (Å²) < 4.78 is 24.4. The average Bonchev–Trinajstić information content (AvgIpc) is 3.23. The molecular weight excluding hydrogens is 375 g/mol. The lowest BCUT2D eigenvalue weighted by Crippen LogP contribution is -2.44. The molecule has 0 spiro atoms. The normalized spacial score (nSPS) is 14.4. The number of rotatable bonds is 5. The second-order valence-electron chi connectivity index (χ2n) is 6.38. The molecule has 0 unspecified atom stereocenters. The maximum absolute atomic E-state index is 13.5. The van der Waals surface area contributed by atoms with E-state index in [1.165, 1.54) is 29.4 Å². The van der Waals surface area contributed by atoms with E-state index in [0.717, 1.165) is 0 Å². The minimum absolute atomic E-state index is 0.00753. The van der Waals surface area contributed by atoms with E-state index in [0.29, 0.717) is 22.8 Å². The Kier molecular flexibility index (Phi) is 5.11. The van der Waals surface area contributed by atoms with Gasteiger partial charge in [-0.25, -0.2) is 4.39 Å². The fourth-order valence-electron chi connectivity index (χ4n) is 2.97. The Balaban J connectivity index is 1.58. The molecule has 2 amide bonds. The van der Waals surface area contributed by atoms with E-state index in [9.17, 15) is 14.0 Å². The van der Waals surface area contributed by atoms with Crippen LogP contribution < -0.4 is 15.0 Å². The maximum Gasteiger partial charge on any atom is 0.294 e. The number of para-hydroxylation sites is 2. The fourth-order valence-corrected chi connectivity index (χ4v) is 2.97. The number of hydrogen-bond donors (Lipinski definition) is 1. The van der Waals surface area contributed by atoms with Gasteiger partial charge in [-0.05, 0) is 48.0 Å². The molecule has 1 aliphatic heterocycles. The lowest BCUT2D eigenvalue weighted by Gasteiger charge is -2.30. The van der Waals surface area contributed by atoms with Gasteiger partial charge in [0, 0.05) is 0 Å². The Morgan fingerprint density at radius 2 is 1.97 bits per heavy atom. The maximum atomic E-state index is 13.5. The van der Waals surface area contributed by atoms with E-state index >= 15 is 0 Å². The zero-order valence-electron chi connectivity index (χ0n) is 15.3. The predicted molar refractivity (Wildman–Crippen MR) is 104 cm³/mol. The van der Waals surface area contributed by atoms with Gasteiger partial charge in [-0.2, -0.15) is 0 Å². The first-order chi connectivity index (χ1) is 14.1. The molecule has 7 heteroatoms. The molecule has 1 aromatic heterocycles. The Bertz CT molecular complexity index is 1080. The molecule has 0 radical (unpaired) electrons. The predicted octanol–water partition coefficient (Wildman–Crippen LogP) is 3.50. The van der Waals surface area contributed by atoms with Gasteiger partial charge < -0.3 is 14.5 Å². The Morgan fingerprint density at radius 1 is 1.10 bits per heavy atom. The lowest BCUT2D eigenvalue weighted by atomic mass is 10.1. The molecule has 0 saturated heterocycles. The van der Waals surface area contributed by atoms with Gasteiger partial charge in [0.15, 0.2) is 11.5 Å². The summed E-state index contributed by atoms with van der Waals surface area (Å²) in [5.74, 6) is -0.199. The first kappa shape index (κ1) is 18.5. The standard InChI is InChI=1S/C22H17FN2O4/c23-16-6-3-5-15(11-16)12-20-22(27)25(18-8-1-2-9-19(18)29-20)14-21(26)24-13-17-7-4-10-28-17/h1-12H,13-14H2,(H,24,26)/b20-12+. The molecule has 0 saturated carbocycles. The van der Waals surface area contributed by atoms with Crippen LogP contribution in [0.25, 0.3) is 6.08 Å². The summed E-state index contributed by atoms with van der Waals surface area (Å²) in [5.41, 5.74) is 0.969. The third-order valence-electron chi connectivity index (χ3n) is 4.32. The molecule has 2 aromatic carbocycles. The molecular formula is C22H17FN2O4. The molecule has 1 N–H and O–H groups in total. The van der Waals surface area contributed by atoms with E-state index < -0.39 is 11.7 Å². The fraction of sp³-hybridized carbons (Fsp3) is 0.0909. The summed E-state index contributed by atoms with van der Waals surface area (Å²) in [6.45, 7) is 0.0262. The summed E-state index contributed by atoms with van der Waals surface area (Å²) in [5, 5.41) is 2.72. The van der Waals surface area contributed by atoms with Gasteiger partial charge in [0.05, 0.1) is 18.5 Å². The first-order valence-corrected chi connectivity index (χ1v) is 8.95. The smallest absolute Gasteiger partial charge is 0.294 e. The van der Waals surface area contributed by atoms with Gasteiger partial charge in [-0.15, -0.1) is 0 Å². The number of carbonyl (C=O) groups excluding carboxylic acids is 2. The van der Waals surface area contributed by atoms with Gasteiger partial charge in [0.2, 0.25) is 5.91 Å². The number of fused-ring (bicyclic) bond motifs is 1. The Labute approximate surface area is 166 Å². The molecule has 2 heterocycles. The minimum atomic E-state index is -0.485. The molecule has 29 heavy (non-hydrogen) atoms. The molecule has 0 atom stereocenters. The molecule has 1 aliphatic rings. The van der Waals surface area contributed by atoms with E-state index in [4.69, 9.17) is 9.15 Å². The summed E-state index contributed by atoms with van der Waals surface area (Å²) in [4.78, 5) is 26.7. The molecule has 4 rings (SSSR count). The molecule has 146 valence electrons. The third kappa shape index (κ3) is 4.19. The highest BCUT2D eigenvalue weighted by Crippen LogP contribution is 2.35. The summed E-state index contributed by atoms with van der Waals surface area (Å²) in [6.07, 6.45) is 2.97. The van der Waals surface area contributed by atoms with Crippen LogP contribution in [0.5, 0.6) is 5.75 Å². The quantitative estimate of drug-likeness (QED) is 0.675. The summed E-state index contributed by atoms with van der Waals surface area (Å²) >= 11 is 0. The molecule has 6 nitrogen and oxygen atoms in total. The molecule has 0 aliphatic carbocycles. The van der Waals surface area contributed by atoms with Crippen LogP contribution in [0.2, 0.25) is 0 Å². The lowest BCUT2D eigenvalue weighted by molar-refractivity contribution is -0.123. The number of halogens is 1. The monoisotopic (exact) mass is 392 g/mol. The number of furan rings is 1. The van der Waals surface area contributed by atoms with E-state index in [-0.39, 0.29) is 24.8 Å². The van der Waals surface area contributed by atoms with Crippen molar-refractivity contribution in [2.24, 2.45) is 0 Å². The van der Waals surface area contributed by atoms with Gasteiger partial charge in [0.1, 0.15) is 18.1 Å². The van der Waals surface area contributed by atoms with Crippen LogP contribution in [-0.2, 0) is 16.1 Å². The van der Waals surface area contributed by atoms with Gasteiger partial charge >= 0.3 is 0 Å². The number of nitrogens with zero attached hydrogens (tertiary/aromatic N) is 1. The molecule has 3 aromatic rings. The van der Waals surface area contributed by atoms with Crippen LogP contribution in [0.15, 0.2) is 77.1 Å². The van der Waals surface area contributed by atoms with Crippen LogP contribution in [0, 0.1) is 5.82 Å². The number of carbonyl (C=O) groups is 2. The Hall–Kier alpha value is -3.87. The van der Waals surface area contributed by atoms with Crippen molar-refractivity contribution >= 4 is 23.6 Å². The van der Waals surface area contributed by atoms with Crippen molar-refractivity contribution in [3.63, 3.8) is 0 Å². The van der Waals surface area contributed by atoms with Crippen LogP contribution in [-0.4, -0.2) is 18.4 Å². The van der Waals surface area contributed by atoms with Crippen molar-refractivity contribution in [1.29, 1.82) is 0 Å². The number of amides is 2. The van der Waals surface area contributed by atoms with E-state index in [2.05, 4.69) is 5.32 Å². The highest BCUT2D eigenvalue weighted by Gasteiger charge is 2.31. The van der Waals surface area contributed by atoms with Crippen LogP contribution in [0.4, 0.5) is 10.1 Å². The minimum Gasteiger partial charge on any atom is -0.467 e. The van der Waals surface area contributed by atoms with Gasteiger partial charge in [-0.1, -0.05) is 24.3 Å². The van der Waals surface area contributed by atoms with Crippen molar-refractivity contribution in [3.05, 3.63) is 89.8 Å². The van der Waals surface area contributed by atoms with E-state index in [1.807, 2.05) is 0 Å². The van der Waals surface area contributed by atoms with Crippen LogP contribution in [0.1, 0.15) is 11.3 Å². The highest BCUT2D eigenvalue weighted by atomic mass is 19.1. The number of ether oxygens (including phenoxy) is 1. The molecule has 0 bridgehead atoms. The number of nitrogens with one attached hydrogen (secondary N) is 1. The zero-order valence-corrected chi connectivity index (χ0v) is 15.3. The Morgan fingerprint density at radius 3 is 2.76 bits per heavy atom. The first-order valence-electron chi connectivity index (χ1n) is 8.95. The van der Waals surface area contributed by atoms with Crippen molar-refractivity contribution in [2.75, 3.05) is 11.4 Å². The second-order valence-corrected chi connectivity index (χ2v) is 6.38. The van der Waals surface area contributed by atoms with Crippen molar-refractivity contribution < 1.29 is 23.1 Å². The largest absolute Gasteiger partial charge is 0.467 e. The number of anilines is 1. The summed E-state index contributed by atoms with van der Waals surface area (Å²) in [7, 11) is 0. The van der Waals surface area contributed by atoms with E-state index in [1.54, 1.807) is 48.5 Å². The zero-order chi connectivity index (χ0) is 20.2. The van der Waals surface area contributed by atoms with Gasteiger partial charge in [0.25, 0.3) is 5.91 Å². The average molecular weight is 392 g/mol. The van der Waals surface area contributed by atoms with Crippen molar-refractivity contribution in [3.8, 4) is 5.75 Å². The van der Waals surface area contributed by atoms with Crippen molar-refractivity contribution in [1.82, 2.24) is 5.32 Å². The van der Waals surface area contributed by atoms with Crippen LogP contribution in [0.3, 0.4) is 0 Å². The third-order valence-corrected chi connectivity index (χ3v) is 4.32. The second kappa shape index (κ2) is 8.02.